The Hall–Kier alpha value is -2.18. The molecule has 0 radical (unpaired) electrons. The number of hydrogen-bond acceptors (Lipinski definition) is 6. The summed E-state index contributed by atoms with van der Waals surface area (Å²) in [4.78, 5) is 24.4. The molecule has 1 heterocycles. The van der Waals surface area contributed by atoms with E-state index in [9.17, 15) is 14.9 Å². The number of pyridine rings is 1. The number of ether oxygens (including phenoxy) is 1. The van der Waals surface area contributed by atoms with Crippen LogP contribution in [0.15, 0.2) is 6.20 Å². The van der Waals surface area contributed by atoms with Gasteiger partial charge in [-0.3, -0.25) is 0 Å². The number of methoxy groups -OCH3 is 1. The van der Waals surface area contributed by atoms with Crippen LogP contribution in [0, 0.1) is 17.0 Å². The van der Waals surface area contributed by atoms with Gasteiger partial charge >= 0.3 is 11.8 Å². The molecule has 0 bridgehead atoms. The first-order valence-electron chi connectivity index (χ1n) is 3.96. The summed E-state index contributed by atoms with van der Waals surface area (Å²) in [5, 5.41) is 10.5. The Balaban J connectivity index is 3.33. The molecular formula is C8H9N3O4. The Bertz CT molecular complexity index is 430. The van der Waals surface area contributed by atoms with E-state index in [0.717, 1.165) is 6.20 Å². The van der Waals surface area contributed by atoms with Crippen LogP contribution in [0.1, 0.15) is 15.9 Å². The van der Waals surface area contributed by atoms with Gasteiger partial charge < -0.3 is 20.6 Å². The number of nitrogens with zero attached hydrogens (tertiary/aromatic N) is 2. The summed E-state index contributed by atoms with van der Waals surface area (Å²) in [5.41, 5.74) is 5.76. The number of anilines is 1. The number of carbonyl (C=O) groups excluding carboxylic acids is 1. The minimum atomic E-state index is -0.705. The van der Waals surface area contributed by atoms with E-state index < -0.39 is 16.7 Å². The molecule has 0 spiro atoms. The maximum Gasteiger partial charge on any atom is 0.387 e. The number of carbonyl (C=O) groups is 1. The quantitative estimate of drug-likeness (QED) is 0.437. The van der Waals surface area contributed by atoms with E-state index in [4.69, 9.17) is 5.73 Å². The van der Waals surface area contributed by atoms with Crippen LogP contribution in [0.2, 0.25) is 0 Å². The van der Waals surface area contributed by atoms with Gasteiger partial charge in [0.25, 0.3) is 0 Å². The first kappa shape index (κ1) is 10.9. The SMILES string of the molecule is COC(=O)c1cnc([N+](=O)[O-])c(N)c1C. The maximum atomic E-state index is 11.2. The Morgan fingerprint density at radius 2 is 2.27 bits per heavy atom. The average molecular weight is 211 g/mol. The van der Waals surface area contributed by atoms with Crippen LogP contribution in [-0.4, -0.2) is 23.0 Å². The molecule has 7 nitrogen and oxygen atoms in total. The molecule has 0 amide bonds. The van der Waals surface area contributed by atoms with E-state index in [1.807, 2.05) is 0 Å². The van der Waals surface area contributed by atoms with Gasteiger partial charge in [0.15, 0.2) is 6.20 Å². The van der Waals surface area contributed by atoms with Gasteiger partial charge in [0.2, 0.25) is 0 Å². The highest BCUT2D eigenvalue weighted by Crippen LogP contribution is 2.24. The van der Waals surface area contributed by atoms with Gasteiger partial charge in [-0.2, -0.15) is 0 Å². The number of rotatable bonds is 2. The summed E-state index contributed by atoms with van der Waals surface area (Å²) in [6, 6.07) is 0. The van der Waals surface area contributed by atoms with Gasteiger partial charge in [-0.15, -0.1) is 0 Å². The minimum absolute atomic E-state index is 0.122. The van der Waals surface area contributed by atoms with Crippen molar-refractivity contribution < 1.29 is 14.5 Å². The largest absolute Gasteiger partial charge is 0.465 e. The predicted molar refractivity (Wildman–Crippen MR) is 51.4 cm³/mol. The number of nitrogens with two attached hydrogens (primary N) is 1. The van der Waals surface area contributed by atoms with Crippen LogP contribution < -0.4 is 5.73 Å². The van der Waals surface area contributed by atoms with E-state index in [2.05, 4.69) is 9.72 Å². The average Bonchev–Trinajstić information content (AvgIpc) is 2.20. The highest BCUT2D eigenvalue weighted by atomic mass is 16.6. The normalized spacial score (nSPS) is 9.73. The topological polar surface area (TPSA) is 108 Å². The second kappa shape index (κ2) is 3.91. The first-order chi connectivity index (χ1) is 6.99. The Kier molecular flexibility index (Phi) is 2.84. The molecule has 0 saturated heterocycles. The molecular weight excluding hydrogens is 202 g/mol. The van der Waals surface area contributed by atoms with Gasteiger partial charge in [-0.05, 0) is 22.4 Å². The lowest BCUT2D eigenvalue weighted by atomic mass is 10.1. The fourth-order valence-electron chi connectivity index (χ4n) is 1.07. The Morgan fingerprint density at radius 3 is 2.73 bits per heavy atom. The summed E-state index contributed by atoms with van der Waals surface area (Å²) in [6.45, 7) is 1.50. The number of aromatic nitrogens is 1. The molecule has 15 heavy (non-hydrogen) atoms. The second-order valence-corrected chi connectivity index (χ2v) is 2.78. The molecule has 7 heteroatoms. The fourth-order valence-corrected chi connectivity index (χ4v) is 1.07. The molecule has 0 fully saturated rings. The van der Waals surface area contributed by atoms with Gasteiger partial charge in [0.05, 0.1) is 7.11 Å². The van der Waals surface area contributed by atoms with Crippen LogP contribution in [-0.2, 0) is 4.74 Å². The molecule has 1 rings (SSSR count). The van der Waals surface area contributed by atoms with E-state index in [-0.39, 0.29) is 11.3 Å². The van der Waals surface area contributed by atoms with E-state index in [1.165, 1.54) is 14.0 Å². The van der Waals surface area contributed by atoms with Crippen molar-refractivity contribution in [2.75, 3.05) is 12.8 Å². The monoisotopic (exact) mass is 211 g/mol. The van der Waals surface area contributed by atoms with Crippen LogP contribution in [0.25, 0.3) is 0 Å². The van der Waals surface area contributed by atoms with Crippen LogP contribution >= 0.6 is 0 Å². The van der Waals surface area contributed by atoms with Gasteiger partial charge in [-0.1, -0.05) is 0 Å². The maximum absolute atomic E-state index is 11.2. The standard InChI is InChI=1S/C8H9N3O4/c1-4-5(8(12)15-2)3-10-7(6(4)9)11(13)14/h3H,9H2,1-2H3. The molecule has 0 aromatic carbocycles. The van der Waals surface area contributed by atoms with Crippen molar-refractivity contribution in [3.05, 3.63) is 27.4 Å². The molecule has 80 valence electrons. The zero-order valence-electron chi connectivity index (χ0n) is 8.18. The minimum Gasteiger partial charge on any atom is -0.465 e. The molecule has 0 atom stereocenters. The summed E-state index contributed by atoms with van der Waals surface area (Å²) in [5.74, 6) is -1.08. The zero-order chi connectivity index (χ0) is 11.6. The highest BCUT2D eigenvalue weighted by molar-refractivity contribution is 5.92. The van der Waals surface area contributed by atoms with Crippen molar-refractivity contribution in [2.45, 2.75) is 6.92 Å². The molecule has 0 saturated carbocycles. The number of hydrogen-bond donors (Lipinski definition) is 1. The van der Waals surface area contributed by atoms with Crippen molar-refractivity contribution in [2.24, 2.45) is 0 Å². The second-order valence-electron chi connectivity index (χ2n) is 2.78. The predicted octanol–water partition coefficient (Wildman–Crippen LogP) is 0.667. The third-order valence-corrected chi connectivity index (χ3v) is 1.94. The number of esters is 1. The molecule has 1 aromatic rings. The van der Waals surface area contributed by atoms with Crippen LogP contribution in [0.3, 0.4) is 0 Å². The third kappa shape index (κ3) is 1.85. The van der Waals surface area contributed by atoms with Crippen molar-refractivity contribution in [3.63, 3.8) is 0 Å². The van der Waals surface area contributed by atoms with Crippen molar-refractivity contribution >= 4 is 17.5 Å². The van der Waals surface area contributed by atoms with Crippen LogP contribution in [0.4, 0.5) is 11.5 Å². The molecule has 0 aliphatic rings. The van der Waals surface area contributed by atoms with Gasteiger partial charge in [-0.25, -0.2) is 4.79 Å². The lowest BCUT2D eigenvalue weighted by Gasteiger charge is -2.04. The third-order valence-electron chi connectivity index (χ3n) is 1.94. The number of nitro groups is 1. The van der Waals surface area contributed by atoms with E-state index >= 15 is 0 Å². The van der Waals surface area contributed by atoms with Crippen molar-refractivity contribution in [1.29, 1.82) is 0 Å². The highest BCUT2D eigenvalue weighted by Gasteiger charge is 2.21. The summed E-state index contributed by atoms with van der Waals surface area (Å²) < 4.78 is 4.47. The van der Waals surface area contributed by atoms with E-state index in [0.29, 0.717) is 5.56 Å². The lowest BCUT2D eigenvalue weighted by molar-refractivity contribution is -0.388. The summed E-state index contributed by atoms with van der Waals surface area (Å²) >= 11 is 0. The Labute approximate surface area is 85.0 Å². The summed E-state index contributed by atoms with van der Waals surface area (Å²) in [7, 11) is 1.21. The van der Waals surface area contributed by atoms with Crippen LogP contribution in [0.5, 0.6) is 0 Å². The molecule has 0 unspecified atom stereocenters. The Morgan fingerprint density at radius 1 is 1.67 bits per heavy atom. The van der Waals surface area contributed by atoms with E-state index in [1.54, 1.807) is 0 Å². The smallest absolute Gasteiger partial charge is 0.387 e. The van der Waals surface area contributed by atoms with Gasteiger partial charge in [0, 0.05) is 0 Å². The lowest BCUT2D eigenvalue weighted by Crippen LogP contribution is -2.09. The molecule has 0 aliphatic heterocycles. The molecule has 2 N–H and O–H groups in total. The van der Waals surface area contributed by atoms with Crippen molar-refractivity contribution in [1.82, 2.24) is 4.98 Å². The molecule has 1 aromatic heterocycles. The first-order valence-corrected chi connectivity index (χ1v) is 3.96. The summed E-state index contributed by atoms with van der Waals surface area (Å²) in [6.07, 6.45) is 1.08. The zero-order valence-corrected chi connectivity index (χ0v) is 8.18. The fraction of sp³-hybridized carbons (Fsp3) is 0.250. The van der Waals surface area contributed by atoms with Gasteiger partial charge in [0.1, 0.15) is 11.3 Å². The molecule has 0 aliphatic carbocycles. The van der Waals surface area contributed by atoms with Crippen molar-refractivity contribution in [3.8, 4) is 0 Å². The number of nitrogen functional groups attached to an aromatic ring is 1.